The minimum Gasteiger partial charge on any atom is -0.382 e. The fraction of sp³-hybridized carbons (Fsp3) is 0.231. The van der Waals surface area contributed by atoms with Gasteiger partial charge in [-0.2, -0.15) is 19.9 Å². The van der Waals surface area contributed by atoms with Crippen molar-refractivity contribution in [3.63, 3.8) is 0 Å². The molecule has 0 aromatic carbocycles. The van der Waals surface area contributed by atoms with Crippen LogP contribution in [0.15, 0.2) is 12.7 Å². The average molecular weight is 338 g/mol. The molecule has 0 unspecified atom stereocenters. The van der Waals surface area contributed by atoms with E-state index in [-0.39, 0.29) is 17.7 Å². The van der Waals surface area contributed by atoms with Crippen LogP contribution in [0.25, 0.3) is 22.3 Å². The first kappa shape index (κ1) is 13.7. The Kier molecular flexibility index (Phi) is 2.55. The molecule has 4 heterocycles. The van der Waals surface area contributed by atoms with Gasteiger partial charge in [-0.25, -0.2) is 19.3 Å². The fourth-order valence-corrected chi connectivity index (χ4v) is 2.67. The predicted molar refractivity (Wildman–Crippen MR) is 91.3 cm³/mol. The Morgan fingerprint density at radius 2 is 1.44 bits per heavy atom. The van der Waals surface area contributed by atoms with Crippen LogP contribution < -0.4 is 22.5 Å². The van der Waals surface area contributed by atoms with Gasteiger partial charge in [-0.05, 0) is 12.8 Å². The first-order valence-corrected chi connectivity index (χ1v) is 7.64. The molecule has 7 N–H and O–H groups in total. The molecule has 5 rings (SSSR count). The van der Waals surface area contributed by atoms with E-state index in [0.29, 0.717) is 34.2 Å². The third-order valence-corrected chi connectivity index (χ3v) is 3.97. The molecule has 0 saturated heterocycles. The van der Waals surface area contributed by atoms with Gasteiger partial charge in [0.15, 0.2) is 34.0 Å². The SMILES string of the molecule is Nc1nc(N)c2ncn(-n3cnc4c(NC5CC5)nc(N)nc43)c2n1. The molecule has 1 fully saturated rings. The summed E-state index contributed by atoms with van der Waals surface area (Å²) in [4.78, 5) is 25.3. The molecule has 0 spiro atoms. The zero-order chi connectivity index (χ0) is 17.1. The number of nitrogens with two attached hydrogens (primary N) is 3. The Labute approximate surface area is 140 Å². The van der Waals surface area contributed by atoms with Crippen molar-refractivity contribution < 1.29 is 0 Å². The Morgan fingerprint density at radius 3 is 2.12 bits per heavy atom. The predicted octanol–water partition coefficient (Wildman–Crippen LogP) is -0.402. The van der Waals surface area contributed by atoms with E-state index < -0.39 is 0 Å². The molecule has 0 radical (unpaired) electrons. The molecule has 0 aliphatic heterocycles. The number of aromatic nitrogens is 8. The molecule has 1 aliphatic rings. The van der Waals surface area contributed by atoms with Crippen LogP contribution in [0.1, 0.15) is 12.8 Å². The lowest BCUT2D eigenvalue weighted by Gasteiger charge is -2.08. The molecule has 12 heteroatoms. The second kappa shape index (κ2) is 4.66. The van der Waals surface area contributed by atoms with Gasteiger partial charge in [-0.15, -0.1) is 0 Å². The molecule has 0 amide bonds. The van der Waals surface area contributed by atoms with Crippen molar-refractivity contribution >= 4 is 45.9 Å². The Balaban J connectivity index is 1.75. The van der Waals surface area contributed by atoms with Gasteiger partial charge in [0.1, 0.15) is 12.7 Å². The van der Waals surface area contributed by atoms with E-state index >= 15 is 0 Å². The molecule has 25 heavy (non-hydrogen) atoms. The Hall–Kier alpha value is -3.70. The Morgan fingerprint density at radius 1 is 0.840 bits per heavy atom. The van der Waals surface area contributed by atoms with E-state index in [1.165, 1.54) is 0 Å². The standard InChI is InChI=1S/C13H14N12/c14-8-6-10(22-12(15)20-8)24(3-17-6)25-4-18-7-9(19-5-1-2-5)21-13(16)23-11(7)25/h3-5H,1-2H2,(H4,14,15,20,22)(H3,16,19,21,23). The van der Waals surface area contributed by atoms with Crippen LogP contribution in [0, 0.1) is 0 Å². The third kappa shape index (κ3) is 2.07. The molecule has 1 saturated carbocycles. The van der Waals surface area contributed by atoms with Crippen LogP contribution in [0.3, 0.4) is 0 Å². The number of hydrogen-bond acceptors (Lipinski definition) is 10. The molecule has 126 valence electrons. The summed E-state index contributed by atoms with van der Waals surface area (Å²) in [6.45, 7) is 0. The average Bonchev–Trinajstić information content (AvgIpc) is 3.11. The normalized spacial score (nSPS) is 14.4. The lowest BCUT2D eigenvalue weighted by Crippen LogP contribution is -2.11. The number of fused-ring (bicyclic) bond motifs is 2. The number of anilines is 4. The highest BCUT2D eigenvalue weighted by molar-refractivity contribution is 5.86. The van der Waals surface area contributed by atoms with Gasteiger partial charge in [-0.1, -0.05) is 0 Å². The molecule has 0 atom stereocenters. The summed E-state index contributed by atoms with van der Waals surface area (Å²) in [6.07, 6.45) is 5.34. The van der Waals surface area contributed by atoms with Crippen molar-refractivity contribution in [3.05, 3.63) is 12.7 Å². The second-order valence-corrected chi connectivity index (χ2v) is 5.84. The van der Waals surface area contributed by atoms with Gasteiger partial charge in [0.2, 0.25) is 11.9 Å². The zero-order valence-corrected chi connectivity index (χ0v) is 13.0. The quantitative estimate of drug-likeness (QED) is 0.384. The topological polar surface area (TPSA) is 177 Å². The van der Waals surface area contributed by atoms with Gasteiger partial charge in [-0.3, -0.25) is 0 Å². The highest BCUT2D eigenvalue weighted by Crippen LogP contribution is 2.28. The summed E-state index contributed by atoms with van der Waals surface area (Å²) in [7, 11) is 0. The maximum Gasteiger partial charge on any atom is 0.224 e. The number of nitrogen functional groups attached to an aromatic ring is 3. The van der Waals surface area contributed by atoms with E-state index in [0.717, 1.165) is 12.8 Å². The highest BCUT2D eigenvalue weighted by Gasteiger charge is 2.24. The lowest BCUT2D eigenvalue weighted by molar-refractivity contribution is 0.688. The number of nitrogens with zero attached hydrogens (tertiary/aromatic N) is 8. The number of rotatable bonds is 3. The molecule has 0 bridgehead atoms. The van der Waals surface area contributed by atoms with Crippen LogP contribution in [0.5, 0.6) is 0 Å². The van der Waals surface area contributed by atoms with Crippen LogP contribution >= 0.6 is 0 Å². The maximum atomic E-state index is 5.87. The summed E-state index contributed by atoms with van der Waals surface area (Å²) >= 11 is 0. The monoisotopic (exact) mass is 338 g/mol. The molecule has 4 aromatic heterocycles. The van der Waals surface area contributed by atoms with E-state index in [1.54, 1.807) is 22.0 Å². The van der Waals surface area contributed by atoms with E-state index in [4.69, 9.17) is 17.2 Å². The largest absolute Gasteiger partial charge is 0.382 e. The maximum absolute atomic E-state index is 5.87. The number of imidazole rings is 2. The smallest absolute Gasteiger partial charge is 0.224 e. The molecular weight excluding hydrogens is 324 g/mol. The number of nitrogens with one attached hydrogen (secondary N) is 1. The lowest BCUT2D eigenvalue weighted by atomic mass is 10.4. The van der Waals surface area contributed by atoms with Crippen LogP contribution in [0.2, 0.25) is 0 Å². The molecular formula is C13H14N12. The summed E-state index contributed by atoms with van der Waals surface area (Å²) in [6, 6.07) is 0.407. The van der Waals surface area contributed by atoms with Gasteiger partial charge in [0, 0.05) is 6.04 Å². The molecule has 1 aliphatic carbocycles. The molecule has 12 nitrogen and oxygen atoms in total. The van der Waals surface area contributed by atoms with Crippen molar-refractivity contribution in [2.24, 2.45) is 0 Å². The summed E-state index contributed by atoms with van der Waals surface area (Å²) < 4.78 is 3.29. The van der Waals surface area contributed by atoms with Crippen molar-refractivity contribution in [1.82, 2.24) is 39.3 Å². The Bertz CT molecular complexity index is 1120. The highest BCUT2D eigenvalue weighted by atomic mass is 15.5. The van der Waals surface area contributed by atoms with Crippen molar-refractivity contribution in [2.75, 3.05) is 22.5 Å². The van der Waals surface area contributed by atoms with Crippen LogP contribution in [0.4, 0.5) is 23.5 Å². The van der Waals surface area contributed by atoms with Crippen molar-refractivity contribution in [3.8, 4) is 0 Å². The summed E-state index contributed by atoms with van der Waals surface area (Å²) in [5.41, 5.74) is 19.4. The van der Waals surface area contributed by atoms with Crippen LogP contribution in [-0.4, -0.2) is 45.3 Å². The van der Waals surface area contributed by atoms with Gasteiger partial charge in [0.25, 0.3) is 0 Å². The van der Waals surface area contributed by atoms with E-state index in [2.05, 4.69) is 35.2 Å². The van der Waals surface area contributed by atoms with E-state index in [9.17, 15) is 0 Å². The van der Waals surface area contributed by atoms with Crippen molar-refractivity contribution in [1.29, 1.82) is 0 Å². The third-order valence-electron chi connectivity index (χ3n) is 3.97. The first-order chi connectivity index (χ1) is 12.1. The van der Waals surface area contributed by atoms with E-state index in [1.807, 2.05) is 0 Å². The summed E-state index contributed by atoms with van der Waals surface area (Å²) in [5, 5.41) is 3.32. The first-order valence-electron chi connectivity index (χ1n) is 7.64. The summed E-state index contributed by atoms with van der Waals surface area (Å²) in [5.74, 6) is 1.02. The minimum atomic E-state index is 0.0569. The number of hydrogen-bond donors (Lipinski definition) is 4. The van der Waals surface area contributed by atoms with Crippen LogP contribution in [-0.2, 0) is 0 Å². The molecule has 4 aromatic rings. The van der Waals surface area contributed by atoms with Gasteiger partial charge < -0.3 is 22.5 Å². The second-order valence-electron chi connectivity index (χ2n) is 5.84. The van der Waals surface area contributed by atoms with Crippen molar-refractivity contribution in [2.45, 2.75) is 18.9 Å². The zero-order valence-electron chi connectivity index (χ0n) is 13.0. The van der Waals surface area contributed by atoms with Gasteiger partial charge in [0.05, 0.1) is 0 Å². The fourth-order valence-electron chi connectivity index (χ4n) is 2.67. The van der Waals surface area contributed by atoms with Gasteiger partial charge >= 0.3 is 0 Å². The minimum absolute atomic E-state index is 0.0569.